The van der Waals surface area contributed by atoms with Gasteiger partial charge in [0.15, 0.2) is 0 Å². The van der Waals surface area contributed by atoms with Gasteiger partial charge < -0.3 is 34.8 Å². The first-order chi connectivity index (χ1) is 5.78. The third-order valence-corrected chi connectivity index (χ3v) is 1.25. The topological polar surface area (TPSA) is 141 Å². The van der Waals surface area contributed by atoms with Gasteiger partial charge in [-0.25, -0.2) is 0 Å². The normalized spacial score (nSPS) is 8.81. The quantitative estimate of drug-likeness (QED) is 0.493. The zero-order valence-corrected chi connectivity index (χ0v) is 14.0. The summed E-state index contributed by atoms with van der Waals surface area (Å²) in [5.74, 6) is -5.98. The second-order valence-corrected chi connectivity index (χ2v) is 2.42. The van der Waals surface area contributed by atoms with E-state index in [0.29, 0.717) is 0 Å². The number of hydrogen-bond donors (Lipinski definition) is 1. The van der Waals surface area contributed by atoms with E-state index in [4.69, 9.17) is 5.11 Å². The number of aliphatic carboxylic acids is 3. The van der Waals surface area contributed by atoms with E-state index < -0.39 is 36.4 Å². The second-order valence-electron chi connectivity index (χ2n) is 2.42. The molecule has 0 amide bonds. The molecule has 0 saturated heterocycles. The summed E-state index contributed by atoms with van der Waals surface area (Å²) in [4.78, 5) is 30.0. The molecule has 0 aromatic carbocycles. The Hall–Kier alpha value is 0.786. The Bertz CT molecular complexity index is 243. The van der Waals surface area contributed by atoms with Crippen LogP contribution in [0.4, 0.5) is 0 Å². The molecule has 0 heterocycles. The predicted octanol–water partition coefficient (Wildman–Crippen LogP) is -8.63. The van der Waals surface area contributed by atoms with Crippen LogP contribution in [0.2, 0.25) is 0 Å². The van der Waals surface area contributed by atoms with Gasteiger partial charge in [0.2, 0.25) is 0 Å². The number of carbonyl (C=O) groups excluding carboxylic acids is 3. The van der Waals surface area contributed by atoms with Crippen LogP contribution >= 0.6 is 0 Å². The largest absolute Gasteiger partial charge is 4.00 e. The fourth-order valence-corrected chi connectivity index (χ4v) is 0.684. The molecule has 0 aliphatic carbocycles. The second kappa shape index (κ2) is 10.9. The minimum absolute atomic E-state index is 0. The number of carboxylic acid groups (broad SMARTS) is 3. The molecule has 0 aromatic rings. The zero-order chi connectivity index (χ0) is 10.6. The molecule has 16 heavy (non-hydrogen) atoms. The number of rotatable bonds is 5. The van der Waals surface area contributed by atoms with Gasteiger partial charge in [-0.2, -0.15) is 0 Å². The van der Waals surface area contributed by atoms with Crippen LogP contribution in [0, 0.1) is 0 Å². The maximum absolute atomic E-state index is 10.1. The molecule has 1 N–H and O–H groups in total. The van der Waals surface area contributed by atoms with Crippen molar-refractivity contribution in [3.8, 4) is 0 Å². The fourth-order valence-electron chi connectivity index (χ4n) is 0.684. The van der Waals surface area contributed by atoms with Crippen molar-refractivity contribution in [2.45, 2.75) is 18.4 Å². The van der Waals surface area contributed by atoms with E-state index >= 15 is 0 Å². The summed E-state index contributed by atoms with van der Waals surface area (Å²) in [6, 6.07) is 0. The van der Waals surface area contributed by atoms with Gasteiger partial charge in [-0.1, -0.05) is 0 Å². The smallest absolute Gasteiger partial charge is 0.550 e. The maximum Gasteiger partial charge on any atom is 4.00 e. The van der Waals surface area contributed by atoms with E-state index in [2.05, 4.69) is 0 Å². The van der Waals surface area contributed by atoms with Crippen molar-refractivity contribution in [3.05, 3.63) is 0 Å². The molecule has 0 saturated carbocycles. The molecule has 0 fully saturated rings. The van der Waals surface area contributed by atoms with E-state index in [1.165, 1.54) is 0 Å². The van der Waals surface area contributed by atoms with E-state index in [1.807, 2.05) is 0 Å². The Kier molecular flexibility index (Phi) is 17.4. The summed E-state index contributed by atoms with van der Waals surface area (Å²) >= 11 is 0. The van der Waals surface area contributed by atoms with Crippen molar-refractivity contribution in [1.29, 1.82) is 0 Å². The fraction of sp³-hybridized carbons (Fsp3) is 0.500. The molecule has 10 heteroatoms. The molecule has 0 unspecified atom stereocenters. The molecule has 0 bridgehead atoms. The van der Waals surface area contributed by atoms with Gasteiger partial charge in [0, 0.05) is 24.8 Å². The average molecular weight is 330 g/mol. The molecule has 0 aliphatic heterocycles. The molecule has 0 rings (SSSR count). The minimum Gasteiger partial charge on any atom is -0.550 e. The van der Waals surface area contributed by atoms with Crippen LogP contribution in [-0.4, -0.2) is 46.0 Å². The summed E-state index contributed by atoms with van der Waals surface area (Å²) in [6.45, 7) is 0. The first-order valence-corrected chi connectivity index (χ1v) is 3.11. The molecule has 0 aromatic heterocycles. The van der Waals surface area contributed by atoms with E-state index in [9.17, 15) is 29.7 Å². The molecule has 74 valence electrons. The van der Waals surface area contributed by atoms with Crippen molar-refractivity contribution in [2.75, 3.05) is 0 Å². The Morgan fingerprint density at radius 3 is 1.38 bits per heavy atom. The molecular weight excluding hydrogens is 325 g/mol. The maximum atomic E-state index is 10.1. The van der Waals surface area contributed by atoms with Gasteiger partial charge in [0.25, 0.3) is 0 Å². The standard InChI is InChI=1S/C6H8O7.Al.Na.Zr/c7-3(8)1-6(13,5(11)12)2-4(9)10;;;/h13H,1-2H2,(H,7,8)(H,9,10)(H,11,12);;;/q;+3;+1;+4/p-3. The SMILES string of the molecule is O=C([O-])CC(O)(CC(=O)[O-])C(=O)[O-].[Al+3].[Na+].[Zr+4]. The molecular formula is C6H5AlNaO7Zr+5. The van der Waals surface area contributed by atoms with Crippen molar-refractivity contribution in [1.82, 2.24) is 0 Å². The Balaban J connectivity index is -0.000000240. The third kappa shape index (κ3) is 9.97. The van der Waals surface area contributed by atoms with Gasteiger partial charge >= 0.3 is 73.1 Å². The summed E-state index contributed by atoms with van der Waals surface area (Å²) < 4.78 is 0. The summed E-state index contributed by atoms with van der Waals surface area (Å²) in [7, 11) is 0. The van der Waals surface area contributed by atoms with E-state index in [1.54, 1.807) is 0 Å². The van der Waals surface area contributed by atoms with Crippen LogP contribution in [0.25, 0.3) is 0 Å². The van der Waals surface area contributed by atoms with Crippen LogP contribution < -0.4 is 44.9 Å². The van der Waals surface area contributed by atoms with Crippen LogP contribution in [0.5, 0.6) is 0 Å². The zero-order valence-electron chi connectivity index (χ0n) is 8.39. The Labute approximate surface area is 143 Å². The van der Waals surface area contributed by atoms with E-state index in [-0.39, 0.29) is 73.1 Å². The Morgan fingerprint density at radius 2 is 1.25 bits per heavy atom. The minimum atomic E-state index is -2.97. The predicted molar refractivity (Wildman–Crippen MR) is 35.0 cm³/mol. The summed E-state index contributed by atoms with van der Waals surface area (Å²) in [5.41, 5.74) is -2.97. The van der Waals surface area contributed by atoms with Gasteiger partial charge in [0.05, 0.1) is 5.97 Å². The van der Waals surface area contributed by atoms with Crippen LogP contribution in [0.1, 0.15) is 12.8 Å². The molecule has 0 spiro atoms. The molecule has 0 aliphatic rings. The van der Waals surface area contributed by atoms with Gasteiger partial charge in [-0.05, 0) is 0 Å². The number of hydrogen-bond acceptors (Lipinski definition) is 7. The van der Waals surface area contributed by atoms with E-state index in [0.717, 1.165) is 0 Å². The molecule has 0 atom stereocenters. The first-order valence-electron chi connectivity index (χ1n) is 3.11. The monoisotopic (exact) mass is 329 g/mol. The van der Waals surface area contributed by atoms with Crippen LogP contribution in [-0.2, 0) is 40.6 Å². The number of aliphatic hydroxyl groups is 1. The molecule has 7 nitrogen and oxygen atoms in total. The van der Waals surface area contributed by atoms with Crippen molar-refractivity contribution in [2.24, 2.45) is 0 Å². The van der Waals surface area contributed by atoms with Crippen LogP contribution in [0.15, 0.2) is 0 Å². The van der Waals surface area contributed by atoms with Crippen molar-refractivity contribution < 1.29 is 90.6 Å². The molecule has 0 radical (unpaired) electrons. The van der Waals surface area contributed by atoms with Crippen molar-refractivity contribution in [3.63, 3.8) is 0 Å². The number of carboxylic acids is 3. The number of carbonyl (C=O) groups is 3. The van der Waals surface area contributed by atoms with Crippen molar-refractivity contribution >= 4 is 35.3 Å². The first kappa shape index (κ1) is 25.6. The van der Waals surface area contributed by atoms with Gasteiger partial charge in [-0.3, -0.25) is 0 Å². The summed E-state index contributed by atoms with van der Waals surface area (Å²) in [5, 5.41) is 38.9. The average Bonchev–Trinajstić information content (AvgIpc) is 1.82. The Morgan fingerprint density at radius 1 is 1.00 bits per heavy atom. The van der Waals surface area contributed by atoms with Gasteiger partial charge in [-0.15, -0.1) is 0 Å². The van der Waals surface area contributed by atoms with Gasteiger partial charge in [0.1, 0.15) is 5.60 Å². The van der Waals surface area contributed by atoms with Crippen LogP contribution in [0.3, 0.4) is 0 Å². The summed E-state index contributed by atoms with van der Waals surface area (Å²) in [6.07, 6.45) is -2.72. The third-order valence-electron chi connectivity index (χ3n) is 1.25.